The van der Waals surface area contributed by atoms with Crippen LogP contribution in [-0.4, -0.2) is 45.7 Å². The molecule has 0 aromatic carbocycles. The Morgan fingerprint density at radius 1 is 1.42 bits per heavy atom. The Morgan fingerprint density at radius 3 is 2.58 bits per heavy atom. The van der Waals surface area contributed by atoms with Crippen LogP contribution in [0.2, 0.25) is 0 Å². The van der Waals surface area contributed by atoms with Crippen molar-refractivity contribution in [1.29, 1.82) is 0 Å². The van der Waals surface area contributed by atoms with Gasteiger partial charge in [0, 0.05) is 25.2 Å². The number of hydrogen-bond donors (Lipinski definition) is 2. The Morgan fingerprint density at radius 2 is 2.05 bits per heavy atom. The summed E-state index contributed by atoms with van der Waals surface area (Å²) in [5.74, 6) is -0.916. The molecule has 1 aromatic heterocycles. The van der Waals surface area contributed by atoms with E-state index in [2.05, 4.69) is 4.98 Å². The zero-order valence-corrected chi connectivity index (χ0v) is 11.3. The standard InChI is InChI=1S/C13H18N2O4/c1-13(2,3)19-12(18)15-6-8(7-15)9-4-5-14-10(9)11(16)17/h4-5,8,14H,6-7H2,1-3H3,(H,16,17). The van der Waals surface area contributed by atoms with Crippen molar-refractivity contribution >= 4 is 12.1 Å². The highest BCUT2D eigenvalue weighted by atomic mass is 16.6. The number of rotatable bonds is 2. The monoisotopic (exact) mass is 266 g/mol. The highest BCUT2D eigenvalue weighted by Crippen LogP contribution is 2.30. The molecular weight excluding hydrogens is 248 g/mol. The first kappa shape index (κ1) is 13.5. The number of hydrogen-bond acceptors (Lipinski definition) is 3. The Labute approximate surface area is 111 Å². The predicted octanol–water partition coefficient (Wildman–Crippen LogP) is 2.05. The normalized spacial score (nSPS) is 16.1. The molecule has 0 spiro atoms. The third-order valence-corrected chi connectivity index (χ3v) is 2.97. The number of H-pyrrole nitrogens is 1. The lowest BCUT2D eigenvalue weighted by Gasteiger charge is -2.39. The van der Waals surface area contributed by atoms with Crippen LogP contribution in [0.25, 0.3) is 0 Å². The number of carbonyl (C=O) groups is 2. The second-order valence-electron chi connectivity index (χ2n) is 5.70. The maximum Gasteiger partial charge on any atom is 0.410 e. The Kier molecular flexibility index (Phi) is 3.26. The molecule has 6 nitrogen and oxygen atoms in total. The van der Waals surface area contributed by atoms with E-state index in [1.165, 1.54) is 0 Å². The molecule has 6 heteroatoms. The first-order valence-corrected chi connectivity index (χ1v) is 6.16. The number of likely N-dealkylation sites (tertiary alicyclic amines) is 1. The van der Waals surface area contributed by atoms with Gasteiger partial charge in [-0.15, -0.1) is 0 Å². The fraction of sp³-hybridized carbons (Fsp3) is 0.538. The quantitative estimate of drug-likeness (QED) is 0.858. The molecule has 0 bridgehead atoms. The number of carbonyl (C=O) groups excluding carboxylic acids is 1. The second kappa shape index (κ2) is 4.60. The van der Waals surface area contributed by atoms with Crippen LogP contribution in [0.15, 0.2) is 12.3 Å². The largest absolute Gasteiger partial charge is 0.477 e. The molecule has 1 aliphatic heterocycles. The summed E-state index contributed by atoms with van der Waals surface area (Å²) < 4.78 is 5.25. The zero-order chi connectivity index (χ0) is 14.2. The molecule has 2 N–H and O–H groups in total. The van der Waals surface area contributed by atoms with Crippen molar-refractivity contribution in [3.8, 4) is 0 Å². The zero-order valence-electron chi connectivity index (χ0n) is 11.3. The lowest BCUT2D eigenvalue weighted by molar-refractivity contribution is 0.00815. The summed E-state index contributed by atoms with van der Waals surface area (Å²) >= 11 is 0. The molecule has 2 heterocycles. The van der Waals surface area contributed by atoms with Gasteiger partial charge in [-0.25, -0.2) is 9.59 Å². The summed E-state index contributed by atoms with van der Waals surface area (Å²) in [5.41, 5.74) is 0.434. The molecular formula is C13H18N2O4. The van der Waals surface area contributed by atoms with Gasteiger partial charge in [0.2, 0.25) is 0 Å². The van der Waals surface area contributed by atoms with Crippen LogP contribution in [0.4, 0.5) is 4.79 Å². The van der Waals surface area contributed by atoms with Gasteiger partial charge in [-0.2, -0.15) is 0 Å². The van der Waals surface area contributed by atoms with E-state index in [1.807, 2.05) is 20.8 Å². The molecule has 0 aliphatic carbocycles. The van der Waals surface area contributed by atoms with Crippen molar-refractivity contribution < 1.29 is 19.4 Å². The highest BCUT2D eigenvalue weighted by Gasteiger charge is 2.36. The Balaban J connectivity index is 1.94. The van der Waals surface area contributed by atoms with Crippen LogP contribution in [0.1, 0.15) is 42.7 Å². The van der Waals surface area contributed by atoms with E-state index < -0.39 is 11.6 Å². The topological polar surface area (TPSA) is 82.6 Å². The van der Waals surface area contributed by atoms with E-state index in [9.17, 15) is 9.59 Å². The Bertz CT molecular complexity index is 495. The summed E-state index contributed by atoms with van der Waals surface area (Å²) in [6, 6.07) is 1.75. The molecule has 0 saturated carbocycles. The van der Waals surface area contributed by atoms with E-state index in [0.717, 1.165) is 5.56 Å². The van der Waals surface area contributed by atoms with E-state index in [4.69, 9.17) is 9.84 Å². The van der Waals surface area contributed by atoms with Crippen molar-refractivity contribution in [2.45, 2.75) is 32.3 Å². The van der Waals surface area contributed by atoms with Crippen LogP contribution < -0.4 is 0 Å². The van der Waals surface area contributed by atoms with Crippen molar-refractivity contribution in [2.75, 3.05) is 13.1 Å². The summed E-state index contributed by atoms with van der Waals surface area (Å²) in [4.78, 5) is 27.0. The molecule has 1 aliphatic rings. The average Bonchev–Trinajstić information content (AvgIpc) is 2.60. The van der Waals surface area contributed by atoms with E-state index in [0.29, 0.717) is 13.1 Å². The van der Waals surface area contributed by atoms with Gasteiger partial charge in [0.25, 0.3) is 0 Å². The van der Waals surface area contributed by atoms with Gasteiger partial charge in [0.15, 0.2) is 0 Å². The van der Waals surface area contributed by atoms with Gasteiger partial charge in [-0.1, -0.05) is 0 Å². The number of nitrogens with one attached hydrogen (secondary N) is 1. The third kappa shape index (κ3) is 2.89. The summed E-state index contributed by atoms with van der Waals surface area (Å²) in [5, 5.41) is 9.01. The molecule has 0 unspecified atom stereocenters. The number of amides is 1. The summed E-state index contributed by atoms with van der Waals surface area (Å²) in [7, 11) is 0. The number of carboxylic acids is 1. The van der Waals surface area contributed by atoms with Crippen LogP contribution in [-0.2, 0) is 4.74 Å². The molecule has 0 atom stereocenters. The van der Waals surface area contributed by atoms with Gasteiger partial charge >= 0.3 is 12.1 Å². The fourth-order valence-corrected chi connectivity index (χ4v) is 2.06. The minimum atomic E-state index is -0.976. The minimum Gasteiger partial charge on any atom is -0.477 e. The fourth-order valence-electron chi connectivity index (χ4n) is 2.06. The maximum atomic E-state index is 11.8. The van der Waals surface area contributed by atoms with Gasteiger partial charge in [-0.3, -0.25) is 0 Å². The van der Waals surface area contributed by atoms with Gasteiger partial charge < -0.3 is 19.7 Å². The van der Waals surface area contributed by atoms with Crippen molar-refractivity contribution in [1.82, 2.24) is 9.88 Å². The summed E-state index contributed by atoms with van der Waals surface area (Å²) in [6.45, 7) is 6.44. The molecule has 19 heavy (non-hydrogen) atoms. The van der Waals surface area contributed by atoms with Crippen molar-refractivity contribution in [3.63, 3.8) is 0 Å². The third-order valence-electron chi connectivity index (χ3n) is 2.97. The summed E-state index contributed by atoms with van der Waals surface area (Å²) in [6.07, 6.45) is 1.26. The van der Waals surface area contributed by atoms with Crippen LogP contribution in [0, 0.1) is 0 Å². The van der Waals surface area contributed by atoms with Crippen LogP contribution in [0.5, 0.6) is 0 Å². The van der Waals surface area contributed by atoms with Crippen molar-refractivity contribution in [3.05, 3.63) is 23.5 Å². The first-order chi connectivity index (χ1) is 8.78. The molecule has 0 radical (unpaired) electrons. The van der Waals surface area contributed by atoms with Crippen LogP contribution >= 0.6 is 0 Å². The second-order valence-corrected chi connectivity index (χ2v) is 5.70. The van der Waals surface area contributed by atoms with Gasteiger partial charge in [-0.05, 0) is 32.4 Å². The smallest absolute Gasteiger partial charge is 0.410 e. The first-order valence-electron chi connectivity index (χ1n) is 6.16. The molecule has 1 fully saturated rings. The molecule has 1 aromatic rings. The number of ether oxygens (including phenoxy) is 1. The number of aromatic amines is 1. The van der Waals surface area contributed by atoms with E-state index >= 15 is 0 Å². The molecule has 104 valence electrons. The molecule has 2 rings (SSSR count). The predicted molar refractivity (Wildman–Crippen MR) is 68.3 cm³/mol. The van der Waals surface area contributed by atoms with E-state index in [1.54, 1.807) is 17.2 Å². The lowest BCUT2D eigenvalue weighted by Crippen LogP contribution is -2.50. The number of nitrogens with zero attached hydrogens (tertiary/aromatic N) is 1. The molecule has 1 amide bonds. The number of carboxylic acid groups (broad SMARTS) is 1. The van der Waals surface area contributed by atoms with E-state index in [-0.39, 0.29) is 17.7 Å². The maximum absolute atomic E-state index is 11.8. The van der Waals surface area contributed by atoms with Gasteiger partial charge in [0.1, 0.15) is 11.3 Å². The SMILES string of the molecule is CC(C)(C)OC(=O)N1CC(c2cc[nH]c2C(=O)O)C1. The van der Waals surface area contributed by atoms with Crippen molar-refractivity contribution in [2.24, 2.45) is 0 Å². The number of aromatic nitrogens is 1. The Hall–Kier alpha value is -1.98. The van der Waals surface area contributed by atoms with Crippen LogP contribution in [0.3, 0.4) is 0 Å². The lowest BCUT2D eigenvalue weighted by atomic mass is 9.92. The number of aromatic carboxylic acids is 1. The average molecular weight is 266 g/mol. The highest BCUT2D eigenvalue weighted by molar-refractivity contribution is 5.87. The van der Waals surface area contributed by atoms with Gasteiger partial charge in [0.05, 0.1) is 0 Å². The minimum absolute atomic E-state index is 0.0601. The molecule has 1 saturated heterocycles.